The van der Waals surface area contributed by atoms with Crippen molar-refractivity contribution in [2.75, 3.05) is 26.3 Å². The number of rotatable bonds is 10. The van der Waals surface area contributed by atoms with Gasteiger partial charge in [0.1, 0.15) is 5.75 Å². The first-order valence-corrected chi connectivity index (χ1v) is 7.43. The molecule has 0 saturated carbocycles. The Labute approximate surface area is 120 Å². The van der Waals surface area contributed by atoms with Crippen molar-refractivity contribution in [2.24, 2.45) is 0 Å². The molecule has 0 spiro atoms. The average Bonchev–Trinajstić information content (AvgIpc) is 2.41. The zero-order valence-corrected chi connectivity index (χ0v) is 12.5. The van der Waals surface area contributed by atoms with E-state index in [1.54, 1.807) is 0 Å². The monoisotopic (exact) mass is 286 g/mol. The first-order valence-electron chi connectivity index (χ1n) is 7.05. The lowest BCUT2D eigenvalue weighted by Gasteiger charge is -2.07. The maximum Gasteiger partial charge on any atom is 0.119 e. The fourth-order valence-electron chi connectivity index (χ4n) is 1.88. The van der Waals surface area contributed by atoms with Gasteiger partial charge in [-0.1, -0.05) is 11.6 Å². The molecule has 0 unspecified atom stereocenters. The van der Waals surface area contributed by atoms with Gasteiger partial charge in [-0.3, -0.25) is 0 Å². The Balaban J connectivity index is 2.00. The molecular formula is C15H25ClNO2+. The highest BCUT2D eigenvalue weighted by molar-refractivity contribution is 6.31. The molecule has 0 heterocycles. The summed E-state index contributed by atoms with van der Waals surface area (Å²) in [5.41, 5.74) is 1.05. The minimum atomic E-state index is 0.272. The van der Waals surface area contributed by atoms with Crippen LogP contribution in [0, 0.1) is 6.92 Å². The topological polar surface area (TPSA) is 46.1 Å². The van der Waals surface area contributed by atoms with Crippen LogP contribution in [-0.4, -0.2) is 31.4 Å². The van der Waals surface area contributed by atoms with Crippen LogP contribution in [-0.2, 0) is 0 Å². The van der Waals surface area contributed by atoms with Crippen molar-refractivity contribution >= 4 is 11.6 Å². The van der Waals surface area contributed by atoms with Crippen LogP contribution in [0.15, 0.2) is 18.2 Å². The van der Waals surface area contributed by atoms with E-state index < -0.39 is 0 Å². The Morgan fingerprint density at radius 2 is 1.95 bits per heavy atom. The SMILES string of the molecule is Cc1cc(OCCCCCC[NH2+]CCO)ccc1Cl. The highest BCUT2D eigenvalue weighted by atomic mass is 35.5. The van der Waals surface area contributed by atoms with Gasteiger partial charge >= 0.3 is 0 Å². The summed E-state index contributed by atoms with van der Waals surface area (Å²) in [7, 11) is 0. The molecule has 0 aromatic heterocycles. The fraction of sp³-hybridized carbons (Fsp3) is 0.600. The predicted molar refractivity (Wildman–Crippen MR) is 78.9 cm³/mol. The van der Waals surface area contributed by atoms with E-state index in [2.05, 4.69) is 5.32 Å². The summed E-state index contributed by atoms with van der Waals surface area (Å²) in [4.78, 5) is 0. The van der Waals surface area contributed by atoms with Gasteiger partial charge in [0.15, 0.2) is 0 Å². The van der Waals surface area contributed by atoms with Crippen molar-refractivity contribution in [3.63, 3.8) is 0 Å². The molecule has 0 aliphatic heterocycles. The second kappa shape index (κ2) is 10.1. The molecule has 0 fully saturated rings. The summed E-state index contributed by atoms with van der Waals surface area (Å²) in [5, 5.41) is 11.6. The summed E-state index contributed by atoms with van der Waals surface area (Å²) < 4.78 is 5.69. The second-order valence-electron chi connectivity index (χ2n) is 4.76. The third-order valence-electron chi connectivity index (χ3n) is 3.03. The van der Waals surface area contributed by atoms with E-state index in [1.165, 1.54) is 19.3 Å². The van der Waals surface area contributed by atoms with E-state index in [0.717, 1.165) is 42.5 Å². The second-order valence-corrected chi connectivity index (χ2v) is 5.17. The van der Waals surface area contributed by atoms with Crippen molar-refractivity contribution in [1.82, 2.24) is 0 Å². The van der Waals surface area contributed by atoms with Crippen LogP contribution >= 0.6 is 11.6 Å². The third-order valence-corrected chi connectivity index (χ3v) is 3.46. The van der Waals surface area contributed by atoms with Crippen LogP contribution in [0.2, 0.25) is 5.02 Å². The summed E-state index contributed by atoms with van der Waals surface area (Å²) in [6, 6.07) is 5.77. The lowest BCUT2D eigenvalue weighted by atomic mass is 10.2. The van der Waals surface area contributed by atoms with E-state index in [0.29, 0.717) is 0 Å². The Morgan fingerprint density at radius 3 is 2.68 bits per heavy atom. The number of hydrogen-bond acceptors (Lipinski definition) is 2. The zero-order valence-electron chi connectivity index (χ0n) is 11.7. The molecule has 0 radical (unpaired) electrons. The van der Waals surface area contributed by atoms with Gasteiger partial charge in [-0.25, -0.2) is 0 Å². The Kier molecular flexibility index (Phi) is 8.63. The van der Waals surface area contributed by atoms with Gasteiger partial charge in [0.05, 0.1) is 26.3 Å². The van der Waals surface area contributed by atoms with Gasteiger partial charge < -0.3 is 15.2 Å². The maximum absolute atomic E-state index is 8.63. The van der Waals surface area contributed by atoms with Crippen LogP contribution in [0.3, 0.4) is 0 Å². The molecule has 3 nitrogen and oxygen atoms in total. The molecule has 1 aromatic rings. The summed E-state index contributed by atoms with van der Waals surface area (Å²) in [6.07, 6.45) is 4.71. The number of unbranched alkanes of at least 4 members (excludes halogenated alkanes) is 3. The van der Waals surface area contributed by atoms with E-state index in [4.69, 9.17) is 21.4 Å². The number of aliphatic hydroxyl groups excluding tert-OH is 1. The number of aryl methyl sites for hydroxylation is 1. The summed E-state index contributed by atoms with van der Waals surface area (Å²) in [5.74, 6) is 0.901. The van der Waals surface area contributed by atoms with Crippen molar-refractivity contribution in [1.29, 1.82) is 0 Å². The highest BCUT2D eigenvalue weighted by Gasteiger charge is 1.98. The van der Waals surface area contributed by atoms with Crippen molar-refractivity contribution in [3.8, 4) is 5.75 Å². The minimum Gasteiger partial charge on any atom is -0.494 e. The summed E-state index contributed by atoms with van der Waals surface area (Å²) in [6.45, 7) is 4.95. The number of hydrogen-bond donors (Lipinski definition) is 2. The molecule has 19 heavy (non-hydrogen) atoms. The quantitative estimate of drug-likeness (QED) is 0.648. The van der Waals surface area contributed by atoms with Crippen molar-refractivity contribution < 1.29 is 15.2 Å². The molecule has 108 valence electrons. The van der Waals surface area contributed by atoms with Crippen LogP contribution in [0.5, 0.6) is 5.75 Å². The number of ether oxygens (including phenoxy) is 1. The molecule has 0 aliphatic rings. The standard InChI is InChI=1S/C15H24ClNO2/c1-13-12-14(6-7-15(13)16)19-11-5-3-2-4-8-17-9-10-18/h6-7,12,17-18H,2-5,8-11H2,1H3/p+1. The Bertz CT molecular complexity index is 358. The van der Waals surface area contributed by atoms with Gasteiger partial charge in [-0.05, 0) is 56.4 Å². The smallest absolute Gasteiger partial charge is 0.119 e. The molecular weight excluding hydrogens is 262 g/mol. The Morgan fingerprint density at radius 1 is 1.16 bits per heavy atom. The average molecular weight is 287 g/mol. The summed E-state index contributed by atoms with van der Waals surface area (Å²) >= 11 is 5.96. The molecule has 4 heteroatoms. The minimum absolute atomic E-state index is 0.272. The van der Waals surface area contributed by atoms with Crippen molar-refractivity contribution in [2.45, 2.75) is 32.6 Å². The lowest BCUT2D eigenvalue weighted by molar-refractivity contribution is -0.656. The van der Waals surface area contributed by atoms with Crippen molar-refractivity contribution in [3.05, 3.63) is 28.8 Å². The molecule has 0 saturated heterocycles. The van der Waals surface area contributed by atoms with Crippen LogP contribution in [0.4, 0.5) is 0 Å². The van der Waals surface area contributed by atoms with E-state index in [-0.39, 0.29) is 6.61 Å². The van der Waals surface area contributed by atoms with E-state index in [9.17, 15) is 0 Å². The number of aliphatic hydroxyl groups is 1. The molecule has 0 amide bonds. The number of nitrogens with two attached hydrogens (primary N) is 1. The number of quaternary nitrogens is 1. The third kappa shape index (κ3) is 7.41. The maximum atomic E-state index is 8.63. The first-order chi connectivity index (χ1) is 9.24. The molecule has 0 atom stereocenters. The van der Waals surface area contributed by atoms with E-state index in [1.807, 2.05) is 25.1 Å². The van der Waals surface area contributed by atoms with Gasteiger partial charge in [0, 0.05) is 5.02 Å². The highest BCUT2D eigenvalue weighted by Crippen LogP contribution is 2.21. The van der Waals surface area contributed by atoms with E-state index >= 15 is 0 Å². The molecule has 0 aliphatic carbocycles. The number of benzene rings is 1. The van der Waals surface area contributed by atoms with Crippen LogP contribution < -0.4 is 10.1 Å². The van der Waals surface area contributed by atoms with Crippen LogP contribution in [0.1, 0.15) is 31.2 Å². The van der Waals surface area contributed by atoms with Gasteiger partial charge in [-0.15, -0.1) is 0 Å². The first kappa shape index (κ1) is 16.3. The molecule has 3 N–H and O–H groups in total. The van der Waals surface area contributed by atoms with Gasteiger partial charge in [-0.2, -0.15) is 0 Å². The van der Waals surface area contributed by atoms with Crippen LogP contribution in [0.25, 0.3) is 0 Å². The van der Waals surface area contributed by atoms with Gasteiger partial charge in [0.25, 0.3) is 0 Å². The molecule has 1 aromatic carbocycles. The lowest BCUT2D eigenvalue weighted by Crippen LogP contribution is -2.85. The molecule has 1 rings (SSSR count). The molecule has 0 bridgehead atoms. The fourth-order valence-corrected chi connectivity index (χ4v) is 1.99. The Hall–Kier alpha value is -0.770. The zero-order chi connectivity index (χ0) is 13.9. The normalized spacial score (nSPS) is 10.7. The number of halogens is 1. The van der Waals surface area contributed by atoms with Gasteiger partial charge in [0.2, 0.25) is 0 Å². The predicted octanol–water partition coefficient (Wildman–Crippen LogP) is 2.14. The largest absolute Gasteiger partial charge is 0.494 e.